The number of benzene rings is 1. The predicted octanol–water partition coefficient (Wildman–Crippen LogP) is 2.30. The average molecular weight is 333 g/mol. The minimum absolute atomic E-state index is 0.0940. The standard InChI is InChI=1S/C18H27N3O3/c1-13(19-18(22)20-15-5-3-8-21(2)12-15)14-6-7-16-17(11-14)24-10-4-9-23-16/h6-7,11,13,15H,3-5,8-10,12H2,1-2H3,(H2,19,20,22)/t13-,15-/m1/s1. The van der Waals surface area contributed by atoms with Gasteiger partial charge in [-0.1, -0.05) is 6.07 Å². The number of nitrogens with zero attached hydrogens (tertiary/aromatic N) is 1. The highest BCUT2D eigenvalue weighted by atomic mass is 16.5. The molecule has 0 bridgehead atoms. The molecule has 1 saturated heterocycles. The van der Waals surface area contributed by atoms with Crippen LogP contribution in [-0.2, 0) is 0 Å². The molecule has 2 atom stereocenters. The zero-order valence-corrected chi connectivity index (χ0v) is 14.5. The van der Waals surface area contributed by atoms with Gasteiger partial charge in [-0.25, -0.2) is 4.79 Å². The second-order valence-electron chi connectivity index (χ2n) is 6.70. The van der Waals surface area contributed by atoms with Gasteiger partial charge in [-0.05, 0) is 51.1 Å². The molecule has 1 aromatic carbocycles. The Morgan fingerprint density at radius 3 is 2.83 bits per heavy atom. The molecule has 0 spiro atoms. The maximum atomic E-state index is 12.2. The van der Waals surface area contributed by atoms with Gasteiger partial charge in [0.1, 0.15) is 0 Å². The lowest BCUT2D eigenvalue weighted by Gasteiger charge is -2.30. The third-order valence-electron chi connectivity index (χ3n) is 4.58. The number of rotatable bonds is 3. The minimum Gasteiger partial charge on any atom is -0.490 e. The molecule has 1 aromatic rings. The number of carbonyl (C=O) groups is 1. The molecule has 0 saturated carbocycles. The summed E-state index contributed by atoms with van der Waals surface area (Å²) in [5.74, 6) is 1.53. The lowest BCUT2D eigenvalue weighted by molar-refractivity contribution is 0.207. The number of piperidine rings is 1. The van der Waals surface area contributed by atoms with Crippen LogP contribution in [0.5, 0.6) is 11.5 Å². The van der Waals surface area contributed by atoms with Gasteiger partial charge in [-0.2, -0.15) is 0 Å². The third-order valence-corrected chi connectivity index (χ3v) is 4.58. The van der Waals surface area contributed by atoms with Gasteiger partial charge in [0.15, 0.2) is 11.5 Å². The summed E-state index contributed by atoms with van der Waals surface area (Å²) >= 11 is 0. The van der Waals surface area contributed by atoms with E-state index in [9.17, 15) is 4.79 Å². The largest absolute Gasteiger partial charge is 0.490 e. The number of urea groups is 1. The third kappa shape index (κ3) is 4.32. The summed E-state index contributed by atoms with van der Waals surface area (Å²) in [7, 11) is 2.09. The van der Waals surface area contributed by atoms with E-state index in [4.69, 9.17) is 9.47 Å². The van der Waals surface area contributed by atoms with E-state index in [-0.39, 0.29) is 18.1 Å². The summed E-state index contributed by atoms with van der Waals surface area (Å²) in [6.07, 6.45) is 3.05. The molecule has 6 heteroatoms. The Morgan fingerprint density at radius 1 is 1.25 bits per heavy atom. The van der Waals surface area contributed by atoms with Crippen molar-refractivity contribution in [3.63, 3.8) is 0 Å². The van der Waals surface area contributed by atoms with E-state index in [0.717, 1.165) is 49.4 Å². The monoisotopic (exact) mass is 333 g/mol. The van der Waals surface area contributed by atoms with E-state index >= 15 is 0 Å². The normalized spacial score (nSPS) is 22.3. The van der Waals surface area contributed by atoms with Crippen LogP contribution in [0.2, 0.25) is 0 Å². The molecule has 0 radical (unpaired) electrons. The summed E-state index contributed by atoms with van der Waals surface area (Å²) in [6, 6.07) is 5.87. The molecule has 0 aromatic heterocycles. The van der Waals surface area contributed by atoms with Gasteiger partial charge in [-0.15, -0.1) is 0 Å². The molecule has 1 fully saturated rings. The Bertz CT molecular complexity index is 579. The SMILES string of the molecule is C[C@@H](NC(=O)N[C@@H]1CCCN(C)C1)c1ccc2c(c1)OCCCO2. The van der Waals surface area contributed by atoms with Crippen molar-refractivity contribution in [3.8, 4) is 11.5 Å². The van der Waals surface area contributed by atoms with E-state index < -0.39 is 0 Å². The van der Waals surface area contributed by atoms with Crippen LogP contribution in [0.4, 0.5) is 4.79 Å². The fourth-order valence-corrected chi connectivity index (χ4v) is 3.24. The number of amides is 2. The van der Waals surface area contributed by atoms with Gasteiger partial charge in [0, 0.05) is 19.0 Å². The number of likely N-dealkylation sites (N-methyl/N-ethyl adjacent to an activating group) is 1. The van der Waals surface area contributed by atoms with Crippen molar-refractivity contribution in [2.24, 2.45) is 0 Å². The summed E-state index contributed by atoms with van der Waals surface area (Å²) in [5.41, 5.74) is 1.01. The second-order valence-corrected chi connectivity index (χ2v) is 6.70. The molecule has 132 valence electrons. The number of hydrogen-bond acceptors (Lipinski definition) is 4. The number of ether oxygens (including phenoxy) is 2. The summed E-state index contributed by atoms with van der Waals surface area (Å²) in [6.45, 7) is 5.33. The first-order valence-corrected chi connectivity index (χ1v) is 8.77. The van der Waals surface area contributed by atoms with Crippen LogP contribution < -0.4 is 20.1 Å². The molecule has 2 N–H and O–H groups in total. The van der Waals surface area contributed by atoms with Gasteiger partial charge in [0.25, 0.3) is 0 Å². The Morgan fingerprint density at radius 2 is 2.04 bits per heavy atom. The maximum absolute atomic E-state index is 12.2. The quantitative estimate of drug-likeness (QED) is 0.891. The number of fused-ring (bicyclic) bond motifs is 1. The molecule has 2 aliphatic heterocycles. The van der Waals surface area contributed by atoms with Crippen LogP contribution in [0.1, 0.15) is 37.8 Å². The van der Waals surface area contributed by atoms with Crippen LogP contribution in [0.15, 0.2) is 18.2 Å². The Kier molecular flexibility index (Phi) is 5.45. The Balaban J connectivity index is 1.57. The zero-order chi connectivity index (χ0) is 16.9. The molecule has 2 aliphatic rings. The number of nitrogens with one attached hydrogen (secondary N) is 2. The molecule has 0 aliphatic carbocycles. The van der Waals surface area contributed by atoms with Crippen molar-refractivity contribution < 1.29 is 14.3 Å². The van der Waals surface area contributed by atoms with Crippen molar-refractivity contribution in [3.05, 3.63) is 23.8 Å². The van der Waals surface area contributed by atoms with Crippen LogP contribution in [0.25, 0.3) is 0 Å². The molecule has 2 heterocycles. The summed E-state index contributed by atoms with van der Waals surface area (Å²) in [4.78, 5) is 14.5. The number of hydrogen-bond donors (Lipinski definition) is 2. The smallest absolute Gasteiger partial charge is 0.315 e. The molecular weight excluding hydrogens is 306 g/mol. The molecule has 3 rings (SSSR count). The lowest BCUT2D eigenvalue weighted by atomic mass is 10.1. The van der Waals surface area contributed by atoms with E-state index in [1.165, 1.54) is 0 Å². The first kappa shape index (κ1) is 16.9. The zero-order valence-electron chi connectivity index (χ0n) is 14.5. The van der Waals surface area contributed by atoms with Crippen molar-refractivity contribution in [2.45, 2.75) is 38.3 Å². The van der Waals surface area contributed by atoms with Crippen molar-refractivity contribution in [2.75, 3.05) is 33.4 Å². The summed E-state index contributed by atoms with van der Waals surface area (Å²) < 4.78 is 11.4. The van der Waals surface area contributed by atoms with Gasteiger partial charge >= 0.3 is 6.03 Å². The molecule has 0 unspecified atom stereocenters. The van der Waals surface area contributed by atoms with Crippen molar-refractivity contribution in [1.82, 2.24) is 15.5 Å². The van der Waals surface area contributed by atoms with Crippen molar-refractivity contribution >= 4 is 6.03 Å². The number of likely N-dealkylation sites (tertiary alicyclic amines) is 1. The fourth-order valence-electron chi connectivity index (χ4n) is 3.24. The summed E-state index contributed by atoms with van der Waals surface area (Å²) in [5, 5.41) is 6.09. The molecule has 24 heavy (non-hydrogen) atoms. The Labute approximate surface area is 143 Å². The Hall–Kier alpha value is -1.95. The van der Waals surface area contributed by atoms with Crippen LogP contribution in [-0.4, -0.2) is 50.3 Å². The highest BCUT2D eigenvalue weighted by molar-refractivity contribution is 5.74. The molecule has 6 nitrogen and oxygen atoms in total. The van der Waals surface area contributed by atoms with E-state index in [1.54, 1.807) is 0 Å². The first-order valence-electron chi connectivity index (χ1n) is 8.77. The molecular formula is C18H27N3O3. The van der Waals surface area contributed by atoms with Crippen LogP contribution in [0, 0.1) is 0 Å². The van der Waals surface area contributed by atoms with Gasteiger partial charge in [-0.3, -0.25) is 0 Å². The van der Waals surface area contributed by atoms with Crippen LogP contribution >= 0.6 is 0 Å². The first-order chi connectivity index (χ1) is 11.6. The lowest BCUT2D eigenvalue weighted by Crippen LogP contribution is -2.49. The van der Waals surface area contributed by atoms with E-state index in [1.807, 2.05) is 25.1 Å². The van der Waals surface area contributed by atoms with Gasteiger partial charge in [0.2, 0.25) is 0 Å². The van der Waals surface area contributed by atoms with Crippen LogP contribution in [0.3, 0.4) is 0 Å². The average Bonchev–Trinajstić information content (AvgIpc) is 2.79. The highest BCUT2D eigenvalue weighted by Crippen LogP contribution is 2.32. The number of carbonyl (C=O) groups excluding carboxylic acids is 1. The van der Waals surface area contributed by atoms with E-state index in [2.05, 4.69) is 22.6 Å². The molecule has 2 amide bonds. The van der Waals surface area contributed by atoms with Gasteiger partial charge in [0.05, 0.1) is 19.3 Å². The van der Waals surface area contributed by atoms with Crippen molar-refractivity contribution in [1.29, 1.82) is 0 Å². The van der Waals surface area contributed by atoms with E-state index in [0.29, 0.717) is 13.2 Å². The highest BCUT2D eigenvalue weighted by Gasteiger charge is 2.20. The predicted molar refractivity (Wildman–Crippen MR) is 92.7 cm³/mol. The topological polar surface area (TPSA) is 62.8 Å². The maximum Gasteiger partial charge on any atom is 0.315 e. The minimum atomic E-state index is -0.116. The van der Waals surface area contributed by atoms with Gasteiger partial charge < -0.3 is 25.0 Å². The fraction of sp³-hybridized carbons (Fsp3) is 0.611. The second kappa shape index (κ2) is 7.75.